The van der Waals surface area contributed by atoms with Crippen molar-refractivity contribution < 1.29 is 5.11 Å². The third-order valence-corrected chi connectivity index (χ3v) is 4.51. The summed E-state index contributed by atoms with van der Waals surface area (Å²) in [5.74, 6) is 0.868. The Morgan fingerprint density at radius 1 is 1.17 bits per heavy atom. The van der Waals surface area contributed by atoms with Gasteiger partial charge >= 0.3 is 0 Å². The smallest absolute Gasteiger partial charge is 0.0682 e. The average Bonchev–Trinajstić information content (AvgIpc) is 2.38. The van der Waals surface area contributed by atoms with E-state index in [1.54, 1.807) is 11.8 Å². The third-order valence-electron chi connectivity index (χ3n) is 2.49. The first-order valence-corrected chi connectivity index (χ1v) is 7.61. The summed E-state index contributed by atoms with van der Waals surface area (Å²) in [7, 11) is 0. The van der Waals surface area contributed by atoms with Gasteiger partial charge in [0.25, 0.3) is 0 Å². The van der Waals surface area contributed by atoms with Gasteiger partial charge in [-0.2, -0.15) is 0 Å². The fourth-order valence-electron chi connectivity index (χ4n) is 1.53. The molecule has 2 aromatic carbocycles. The van der Waals surface area contributed by atoms with Gasteiger partial charge in [0.05, 0.1) is 6.61 Å². The molecule has 0 fully saturated rings. The van der Waals surface area contributed by atoms with Crippen LogP contribution in [0.4, 0.5) is 0 Å². The van der Waals surface area contributed by atoms with E-state index in [4.69, 9.17) is 16.7 Å². The van der Waals surface area contributed by atoms with Gasteiger partial charge < -0.3 is 5.11 Å². The van der Waals surface area contributed by atoms with E-state index in [0.717, 1.165) is 25.7 Å². The zero-order valence-electron chi connectivity index (χ0n) is 9.57. The van der Waals surface area contributed by atoms with Gasteiger partial charge in [-0.05, 0) is 35.4 Å². The Morgan fingerprint density at radius 2 is 2.00 bits per heavy atom. The molecule has 0 aliphatic heterocycles. The second-order valence-corrected chi connectivity index (χ2v) is 6.17. The molecule has 1 N–H and O–H groups in total. The molecular formula is C14H12BrClOS. The van der Waals surface area contributed by atoms with E-state index in [1.807, 2.05) is 42.5 Å². The molecule has 2 aromatic rings. The van der Waals surface area contributed by atoms with E-state index < -0.39 is 0 Å². The zero-order valence-corrected chi connectivity index (χ0v) is 12.7. The number of halogens is 2. The molecule has 0 amide bonds. The minimum atomic E-state index is 0.0824. The lowest BCUT2D eigenvalue weighted by molar-refractivity contribution is 0.281. The van der Waals surface area contributed by atoms with Gasteiger partial charge in [0.2, 0.25) is 0 Å². The van der Waals surface area contributed by atoms with Gasteiger partial charge in [-0.3, -0.25) is 0 Å². The SMILES string of the molecule is OCc1cccc(SCc2ccc(Cl)cc2Br)c1. The molecule has 0 aliphatic rings. The Morgan fingerprint density at radius 3 is 2.72 bits per heavy atom. The lowest BCUT2D eigenvalue weighted by atomic mass is 10.2. The highest BCUT2D eigenvalue weighted by molar-refractivity contribution is 9.10. The summed E-state index contributed by atoms with van der Waals surface area (Å²) in [5, 5.41) is 9.82. The largest absolute Gasteiger partial charge is 0.392 e. The highest BCUT2D eigenvalue weighted by Crippen LogP contribution is 2.29. The predicted molar refractivity (Wildman–Crippen MR) is 81.1 cm³/mol. The molecule has 18 heavy (non-hydrogen) atoms. The predicted octanol–water partition coefficient (Wildman–Crippen LogP) is 4.89. The van der Waals surface area contributed by atoms with E-state index in [2.05, 4.69) is 15.9 Å². The molecule has 0 atom stereocenters. The molecule has 0 bridgehead atoms. The van der Waals surface area contributed by atoms with Crippen LogP contribution in [0.2, 0.25) is 5.02 Å². The van der Waals surface area contributed by atoms with Crippen molar-refractivity contribution >= 4 is 39.3 Å². The highest BCUT2D eigenvalue weighted by atomic mass is 79.9. The van der Waals surface area contributed by atoms with Crippen molar-refractivity contribution in [1.29, 1.82) is 0 Å². The Bertz CT molecular complexity index is 545. The average molecular weight is 344 g/mol. The van der Waals surface area contributed by atoms with Gasteiger partial charge in [-0.25, -0.2) is 0 Å². The van der Waals surface area contributed by atoms with Crippen molar-refractivity contribution in [2.75, 3.05) is 0 Å². The summed E-state index contributed by atoms with van der Waals surface area (Å²) in [6.45, 7) is 0.0824. The lowest BCUT2D eigenvalue weighted by Crippen LogP contribution is -1.85. The van der Waals surface area contributed by atoms with E-state index in [1.165, 1.54) is 5.56 Å². The first-order valence-electron chi connectivity index (χ1n) is 5.45. The van der Waals surface area contributed by atoms with Gasteiger partial charge in [0.1, 0.15) is 0 Å². The molecule has 0 spiro atoms. The number of rotatable bonds is 4. The summed E-state index contributed by atoms with van der Waals surface area (Å²) in [5.41, 5.74) is 2.15. The first kappa shape index (κ1) is 13.9. The van der Waals surface area contributed by atoms with E-state index in [9.17, 15) is 0 Å². The van der Waals surface area contributed by atoms with Crippen LogP contribution < -0.4 is 0 Å². The van der Waals surface area contributed by atoms with E-state index >= 15 is 0 Å². The fraction of sp³-hybridized carbons (Fsp3) is 0.143. The molecule has 0 saturated heterocycles. The summed E-state index contributed by atoms with van der Waals surface area (Å²) in [6.07, 6.45) is 0. The van der Waals surface area contributed by atoms with Crippen molar-refractivity contribution in [3.8, 4) is 0 Å². The second kappa shape index (κ2) is 6.62. The fourth-order valence-corrected chi connectivity index (χ4v) is 3.53. The number of aliphatic hydroxyl groups is 1. The van der Waals surface area contributed by atoms with Gasteiger partial charge in [-0.1, -0.05) is 45.7 Å². The van der Waals surface area contributed by atoms with Gasteiger partial charge in [0, 0.05) is 20.1 Å². The maximum absolute atomic E-state index is 9.09. The molecule has 0 aromatic heterocycles. The Hall–Kier alpha value is -0.480. The van der Waals surface area contributed by atoms with Crippen molar-refractivity contribution in [2.45, 2.75) is 17.3 Å². The lowest BCUT2D eigenvalue weighted by Gasteiger charge is -2.06. The summed E-state index contributed by atoms with van der Waals surface area (Å²) in [6, 6.07) is 13.8. The second-order valence-electron chi connectivity index (χ2n) is 3.83. The van der Waals surface area contributed by atoms with Crippen LogP contribution >= 0.6 is 39.3 Å². The minimum Gasteiger partial charge on any atom is -0.392 e. The number of aliphatic hydroxyl groups excluding tert-OH is 1. The molecular weight excluding hydrogens is 332 g/mol. The van der Waals surface area contributed by atoms with Crippen LogP contribution in [0, 0.1) is 0 Å². The monoisotopic (exact) mass is 342 g/mol. The Labute approximate surface area is 124 Å². The molecule has 0 aliphatic carbocycles. The van der Waals surface area contributed by atoms with Crippen LogP contribution in [-0.4, -0.2) is 5.11 Å². The number of hydrogen-bond donors (Lipinski definition) is 1. The molecule has 0 heterocycles. The van der Waals surface area contributed by atoms with E-state index in [0.29, 0.717) is 0 Å². The van der Waals surface area contributed by atoms with Crippen LogP contribution in [0.1, 0.15) is 11.1 Å². The summed E-state index contributed by atoms with van der Waals surface area (Å²) >= 11 is 11.2. The summed E-state index contributed by atoms with van der Waals surface area (Å²) < 4.78 is 1.03. The highest BCUT2D eigenvalue weighted by Gasteiger charge is 2.02. The van der Waals surface area contributed by atoms with Crippen LogP contribution in [0.25, 0.3) is 0 Å². The van der Waals surface area contributed by atoms with Crippen LogP contribution in [0.5, 0.6) is 0 Å². The Kier molecular flexibility index (Phi) is 5.13. The Balaban J connectivity index is 2.06. The molecule has 0 radical (unpaired) electrons. The third kappa shape index (κ3) is 3.75. The summed E-state index contributed by atoms with van der Waals surface area (Å²) in [4.78, 5) is 1.16. The molecule has 0 unspecified atom stereocenters. The van der Waals surface area contributed by atoms with Crippen LogP contribution in [0.15, 0.2) is 51.8 Å². The minimum absolute atomic E-state index is 0.0824. The van der Waals surface area contributed by atoms with E-state index in [-0.39, 0.29) is 6.61 Å². The van der Waals surface area contributed by atoms with Crippen LogP contribution in [0.3, 0.4) is 0 Å². The van der Waals surface area contributed by atoms with Gasteiger partial charge in [0.15, 0.2) is 0 Å². The van der Waals surface area contributed by atoms with Crippen molar-refractivity contribution in [3.63, 3.8) is 0 Å². The number of benzene rings is 2. The maximum Gasteiger partial charge on any atom is 0.0682 e. The number of thioether (sulfide) groups is 1. The van der Waals surface area contributed by atoms with Gasteiger partial charge in [-0.15, -0.1) is 11.8 Å². The number of hydrogen-bond acceptors (Lipinski definition) is 2. The zero-order chi connectivity index (χ0) is 13.0. The molecule has 1 nitrogen and oxygen atoms in total. The van der Waals surface area contributed by atoms with Crippen molar-refractivity contribution in [3.05, 3.63) is 63.1 Å². The maximum atomic E-state index is 9.09. The normalized spacial score (nSPS) is 10.6. The molecule has 2 rings (SSSR count). The standard InChI is InChI=1S/C14H12BrClOS/c15-14-7-12(16)5-4-11(14)9-18-13-3-1-2-10(6-13)8-17/h1-7,17H,8-9H2. The molecule has 94 valence electrons. The topological polar surface area (TPSA) is 20.2 Å². The molecule has 4 heteroatoms. The first-order chi connectivity index (χ1) is 8.69. The quantitative estimate of drug-likeness (QED) is 0.798. The molecule has 0 saturated carbocycles. The van der Waals surface area contributed by atoms with Crippen LogP contribution in [-0.2, 0) is 12.4 Å². The van der Waals surface area contributed by atoms with Crippen molar-refractivity contribution in [2.24, 2.45) is 0 Å². The van der Waals surface area contributed by atoms with Crippen molar-refractivity contribution in [1.82, 2.24) is 0 Å².